The van der Waals surface area contributed by atoms with E-state index in [9.17, 15) is 14.0 Å². The van der Waals surface area contributed by atoms with Gasteiger partial charge >= 0.3 is 0 Å². The molecule has 0 unspecified atom stereocenters. The Labute approximate surface area is 143 Å². The number of hydrogen-bond acceptors (Lipinski definition) is 4. The SMILES string of the molecule is CCc1cc(C(=O)NNC(=O)[C@H](C)Oc2ccc(F)cc2)sc1C. The summed E-state index contributed by atoms with van der Waals surface area (Å²) in [5.41, 5.74) is 5.81. The first-order valence-electron chi connectivity index (χ1n) is 7.52. The van der Waals surface area contributed by atoms with Crippen molar-refractivity contribution in [2.24, 2.45) is 0 Å². The van der Waals surface area contributed by atoms with E-state index in [2.05, 4.69) is 10.9 Å². The highest BCUT2D eigenvalue weighted by atomic mass is 32.1. The van der Waals surface area contributed by atoms with Crippen molar-refractivity contribution in [2.45, 2.75) is 33.3 Å². The summed E-state index contributed by atoms with van der Waals surface area (Å²) in [7, 11) is 0. The van der Waals surface area contributed by atoms with Gasteiger partial charge in [0.1, 0.15) is 11.6 Å². The molecule has 0 aliphatic rings. The number of carbonyl (C=O) groups is 2. The van der Waals surface area contributed by atoms with E-state index in [1.54, 1.807) is 0 Å². The van der Waals surface area contributed by atoms with Crippen molar-refractivity contribution in [3.05, 3.63) is 51.5 Å². The molecule has 5 nitrogen and oxygen atoms in total. The molecule has 0 bridgehead atoms. The first-order chi connectivity index (χ1) is 11.4. The highest BCUT2D eigenvalue weighted by Gasteiger charge is 2.17. The van der Waals surface area contributed by atoms with Crippen LogP contribution in [0.3, 0.4) is 0 Å². The fourth-order valence-corrected chi connectivity index (χ4v) is 3.04. The Morgan fingerprint density at radius 2 is 1.92 bits per heavy atom. The van der Waals surface area contributed by atoms with Crippen molar-refractivity contribution < 1.29 is 18.7 Å². The van der Waals surface area contributed by atoms with Gasteiger partial charge in [0.15, 0.2) is 6.10 Å². The number of thiophene rings is 1. The number of ether oxygens (including phenoxy) is 1. The third-order valence-electron chi connectivity index (χ3n) is 3.42. The zero-order valence-corrected chi connectivity index (χ0v) is 14.5. The van der Waals surface area contributed by atoms with Crippen LogP contribution in [-0.4, -0.2) is 17.9 Å². The predicted octanol–water partition coefficient (Wildman–Crippen LogP) is 2.99. The lowest BCUT2D eigenvalue weighted by Gasteiger charge is -2.14. The first kappa shape index (κ1) is 17.9. The lowest BCUT2D eigenvalue weighted by molar-refractivity contribution is -0.128. The lowest BCUT2D eigenvalue weighted by atomic mass is 10.2. The molecule has 2 aromatic rings. The summed E-state index contributed by atoms with van der Waals surface area (Å²) in [6, 6.07) is 7.16. The summed E-state index contributed by atoms with van der Waals surface area (Å²) in [4.78, 5) is 25.6. The molecule has 2 amide bonds. The highest BCUT2D eigenvalue weighted by molar-refractivity contribution is 7.14. The number of hydrogen-bond donors (Lipinski definition) is 2. The van der Waals surface area contributed by atoms with Crippen LogP contribution in [0, 0.1) is 12.7 Å². The molecule has 1 heterocycles. The van der Waals surface area contributed by atoms with Gasteiger partial charge in [-0.15, -0.1) is 11.3 Å². The summed E-state index contributed by atoms with van der Waals surface area (Å²) in [5.74, 6) is -0.891. The van der Waals surface area contributed by atoms with E-state index in [4.69, 9.17) is 4.74 Å². The topological polar surface area (TPSA) is 67.4 Å². The molecule has 1 aromatic heterocycles. The van der Waals surface area contributed by atoms with Crippen LogP contribution in [0.15, 0.2) is 30.3 Å². The Morgan fingerprint density at radius 1 is 1.25 bits per heavy atom. The van der Waals surface area contributed by atoms with Gasteiger partial charge in [-0.3, -0.25) is 20.4 Å². The minimum Gasteiger partial charge on any atom is -0.481 e. The first-order valence-corrected chi connectivity index (χ1v) is 8.34. The molecule has 0 radical (unpaired) electrons. The van der Waals surface area contributed by atoms with Gasteiger partial charge in [-0.2, -0.15) is 0 Å². The minimum atomic E-state index is -0.841. The molecular weight excluding hydrogens is 331 g/mol. The van der Waals surface area contributed by atoms with Gasteiger partial charge in [0.25, 0.3) is 11.8 Å². The van der Waals surface area contributed by atoms with E-state index < -0.39 is 12.0 Å². The maximum atomic E-state index is 12.8. The van der Waals surface area contributed by atoms with Crippen molar-refractivity contribution in [1.29, 1.82) is 0 Å². The van der Waals surface area contributed by atoms with Crippen LogP contribution in [0.25, 0.3) is 0 Å². The van der Waals surface area contributed by atoms with Crippen molar-refractivity contribution in [2.75, 3.05) is 0 Å². The van der Waals surface area contributed by atoms with Gasteiger partial charge in [0, 0.05) is 4.88 Å². The molecule has 2 N–H and O–H groups in total. The lowest BCUT2D eigenvalue weighted by Crippen LogP contribution is -2.47. The Kier molecular flexibility index (Phi) is 5.92. The Balaban J connectivity index is 1.87. The summed E-state index contributed by atoms with van der Waals surface area (Å²) in [5, 5.41) is 0. The zero-order chi connectivity index (χ0) is 17.7. The van der Waals surface area contributed by atoms with Gasteiger partial charge in [0.2, 0.25) is 0 Å². The van der Waals surface area contributed by atoms with Gasteiger partial charge in [-0.25, -0.2) is 4.39 Å². The Bertz CT molecular complexity index is 728. The molecule has 0 saturated carbocycles. The van der Waals surface area contributed by atoms with Crippen LogP contribution >= 0.6 is 11.3 Å². The highest BCUT2D eigenvalue weighted by Crippen LogP contribution is 2.21. The number of hydrazine groups is 1. The number of benzene rings is 1. The molecule has 1 aromatic carbocycles. The normalized spacial score (nSPS) is 11.7. The molecule has 128 valence electrons. The molecule has 0 aliphatic heterocycles. The average Bonchev–Trinajstić information content (AvgIpc) is 2.95. The minimum absolute atomic E-state index is 0.367. The van der Waals surface area contributed by atoms with Crippen LogP contribution in [0.5, 0.6) is 5.75 Å². The predicted molar refractivity (Wildman–Crippen MR) is 90.5 cm³/mol. The summed E-state index contributed by atoms with van der Waals surface area (Å²) < 4.78 is 18.2. The molecule has 2 rings (SSSR count). The number of nitrogens with one attached hydrogen (secondary N) is 2. The third-order valence-corrected chi connectivity index (χ3v) is 4.51. The maximum Gasteiger partial charge on any atom is 0.279 e. The number of halogens is 1. The van der Waals surface area contributed by atoms with E-state index in [1.807, 2.05) is 19.9 Å². The van der Waals surface area contributed by atoms with Crippen molar-refractivity contribution >= 4 is 23.2 Å². The number of aryl methyl sites for hydroxylation is 2. The van der Waals surface area contributed by atoms with Crippen molar-refractivity contribution in [3.8, 4) is 5.75 Å². The zero-order valence-electron chi connectivity index (χ0n) is 13.7. The van der Waals surface area contributed by atoms with E-state index in [0.717, 1.165) is 16.9 Å². The largest absolute Gasteiger partial charge is 0.481 e. The maximum absolute atomic E-state index is 12.8. The van der Waals surface area contributed by atoms with E-state index in [1.165, 1.54) is 42.5 Å². The number of amides is 2. The van der Waals surface area contributed by atoms with Gasteiger partial charge in [0.05, 0.1) is 4.88 Å². The molecule has 0 fully saturated rings. The number of carbonyl (C=O) groups excluding carboxylic acids is 2. The van der Waals surface area contributed by atoms with Gasteiger partial charge in [-0.05, 0) is 56.2 Å². The molecule has 1 atom stereocenters. The van der Waals surface area contributed by atoms with Crippen LogP contribution in [0.4, 0.5) is 4.39 Å². The summed E-state index contributed by atoms with van der Waals surface area (Å²) in [6.45, 7) is 5.51. The molecular formula is C17H19FN2O3S. The van der Waals surface area contributed by atoms with Crippen LogP contribution in [0.1, 0.15) is 34.0 Å². The van der Waals surface area contributed by atoms with E-state index in [0.29, 0.717) is 10.6 Å². The second-order valence-corrected chi connectivity index (χ2v) is 6.46. The molecule has 0 aliphatic carbocycles. The van der Waals surface area contributed by atoms with Crippen LogP contribution in [-0.2, 0) is 11.2 Å². The van der Waals surface area contributed by atoms with E-state index >= 15 is 0 Å². The summed E-state index contributed by atoms with van der Waals surface area (Å²) in [6.07, 6.45) is 0.0110. The molecule has 0 saturated heterocycles. The second kappa shape index (κ2) is 7.92. The fourth-order valence-electron chi connectivity index (χ4n) is 2.04. The fraction of sp³-hybridized carbons (Fsp3) is 0.294. The number of rotatable bonds is 5. The molecule has 24 heavy (non-hydrogen) atoms. The van der Waals surface area contributed by atoms with Crippen LogP contribution in [0.2, 0.25) is 0 Å². The third kappa shape index (κ3) is 4.55. The smallest absolute Gasteiger partial charge is 0.279 e. The average molecular weight is 350 g/mol. The quantitative estimate of drug-likeness (QED) is 0.815. The molecule has 0 spiro atoms. The standard InChI is InChI=1S/C17H19FN2O3S/c1-4-12-9-15(24-11(12)3)17(22)20-19-16(21)10(2)23-14-7-5-13(18)6-8-14/h5-10H,4H2,1-3H3,(H,19,21)(H,20,22)/t10-/m0/s1. The molecule has 7 heteroatoms. The van der Waals surface area contributed by atoms with Crippen molar-refractivity contribution in [1.82, 2.24) is 10.9 Å². The second-order valence-electron chi connectivity index (χ2n) is 5.20. The Morgan fingerprint density at radius 3 is 2.50 bits per heavy atom. The van der Waals surface area contributed by atoms with Crippen LogP contribution < -0.4 is 15.6 Å². The Hall–Kier alpha value is -2.41. The monoisotopic (exact) mass is 350 g/mol. The van der Waals surface area contributed by atoms with Gasteiger partial charge < -0.3 is 4.74 Å². The van der Waals surface area contributed by atoms with Gasteiger partial charge in [-0.1, -0.05) is 6.92 Å². The van der Waals surface area contributed by atoms with E-state index in [-0.39, 0.29) is 11.7 Å². The summed E-state index contributed by atoms with van der Waals surface area (Å²) >= 11 is 1.38. The van der Waals surface area contributed by atoms with Crippen molar-refractivity contribution in [3.63, 3.8) is 0 Å².